The third-order valence-corrected chi connectivity index (χ3v) is 11.0. The van der Waals surface area contributed by atoms with E-state index in [9.17, 15) is 14.9 Å². The molecule has 0 saturated carbocycles. The van der Waals surface area contributed by atoms with Crippen molar-refractivity contribution in [2.45, 2.75) is 40.0 Å². The van der Waals surface area contributed by atoms with E-state index in [0.29, 0.717) is 16.7 Å². The van der Waals surface area contributed by atoms with Gasteiger partial charge in [-0.3, -0.25) is 9.59 Å². The van der Waals surface area contributed by atoms with Crippen LogP contribution in [0.5, 0.6) is 0 Å². The van der Waals surface area contributed by atoms with Crippen LogP contribution in [0.3, 0.4) is 0 Å². The Kier molecular flexibility index (Phi) is 6.67. The minimum absolute atomic E-state index is 0.202. The molecule has 5 heteroatoms. The Hall–Kier alpha value is -5.57. The average Bonchev–Trinajstić information content (AvgIpc) is 3.60. The van der Waals surface area contributed by atoms with Crippen molar-refractivity contribution >= 4 is 56.1 Å². The third kappa shape index (κ3) is 4.33. The maximum atomic E-state index is 13.4. The highest BCUT2D eigenvalue weighted by Crippen LogP contribution is 2.57. The van der Waals surface area contributed by atoms with Crippen LogP contribution in [0.15, 0.2) is 103 Å². The van der Waals surface area contributed by atoms with Crippen LogP contribution < -0.4 is 4.90 Å². The Labute approximate surface area is 284 Å². The van der Waals surface area contributed by atoms with Gasteiger partial charge in [-0.2, -0.15) is 5.26 Å². The summed E-state index contributed by atoms with van der Waals surface area (Å²) >= 11 is 1.58. The fourth-order valence-electron chi connectivity index (χ4n) is 7.72. The summed E-state index contributed by atoms with van der Waals surface area (Å²) in [6.07, 6.45) is 1.77. The van der Waals surface area contributed by atoms with Crippen molar-refractivity contribution in [2.24, 2.45) is 0 Å². The summed E-state index contributed by atoms with van der Waals surface area (Å²) in [5.41, 5.74) is 11.8. The van der Waals surface area contributed by atoms with Gasteiger partial charge in [0, 0.05) is 32.2 Å². The Morgan fingerprint density at radius 2 is 1.35 bits per heavy atom. The van der Waals surface area contributed by atoms with E-state index in [-0.39, 0.29) is 17.1 Å². The van der Waals surface area contributed by atoms with E-state index >= 15 is 0 Å². The van der Waals surface area contributed by atoms with Gasteiger partial charge in [0.25, 0.3) is 0 Å². The molecule has 4 nitrogen and oxygen atoms in total. The van der Waals surface area contributed by atoms with E-state index in [4.69, 9.17) is 0 Å². The van der Waals surface area contributed by atoms with Gasteiger partial charge in [-0.15, -0.1) is 11.3 Å². The van der Waals surface area contributed by atoms with Gasteiger partial charge >= 0.3 is 0 Å². The molecule has 0 fully saturated rings. The summed E-state index contributed by atoms with van der Waals surface area (Å²) < 4.78 is 0. The Morgan fingerprint density at radius 1 is 0.729 bits per heavy atom. The smallest absolute Gasteiger partial charge is 0.197 e. The molecule has 0 atom stereocenters. The molecule has 232 valence electrons. The molecule has 0 spiro atoms. The number of carbonyl (C=O) groups excluding carboxylic acids is 2. The molecule has 1 aliphatic heterocycles. The molecule has 2 heterocycles. The number of anilines is 3. The summed E-state index contributed by atoms with van der Waals surface area (Å²) in [6, 6.07) is 34.8. The number of Topliss-reactive ketones (excluding diaryl/α,β-unsaturated/α-hetero) is 2. The molecule has 0 amide bonds. The first-order valence-corrected chi connectivity index (χ1v) is 16.9. The largest absolute Gasteiger partial charge is 0.301 e. The molecular weight excluding hydrogens is 609 g/mol. The molecule has 0 bridgehead atoms. The summed E-state index contributed by atoms with van der Waals surface area (Å²) in [7, 11) is 0. The van der Waals surface area contributed by atoms with Gasteiger partial charge in [-0.25, -0.2) is 0 Å². The molecule has 6 aromatic rings. The van der Waals surface area contributed by atoms with Gasteiger partial charge in [0.1, 0.15) is 5.00 Å². The number of ketones is 2. The molecule has 48 heavy (non-hydrogen) atoms. The highest BCUT2D eigenvalue weighted by atomic mass is 32.1. The standard InChI is InChI=1S/C43H32N2O2S/c1-24-18-25(2)39(26(3)19-24)27-14-17-38-35(20-27)43(4,5)36-22-29(21-34-40(46)32-12-8-9-13-33(32)41(34)47)48-42(36)45(38)37-16-15-28(23-44)30-10-6-7-11-31(30)37/h6-22H,1-5H3. The lowest BCUT2D eigenvalue weighted by atomic mass is 9.74. The van der Waals surface area contributed by atoms with Crippen LogP contribution >= 0.6 is 11.3 Å². The van der Waals surface area contributed by atoms with E-state index in [1.54, 1.807) is 41.7 Å². The predicted octanol–water partition coefficient (Wildman–Crippen LogP) is 10.9. The topological polar surface area (TPSA) is 61.2 Å². The molecular formula is C43H32N2O2S. The molecule has 0 unspecified atom stereocenters. The van der Waals surface area contributed by atoms with Gasteiger partial charge in [-0.1, -0.05) is 86.1 Å². The maximum absolute atomic E-state index is 13.4. The number of fused-ring (bicyclic) bond motifs is 4. The van der Waals surface area contributed by atoms with Crippen molar-refractivity contribution < 1.29 is 9.59 Å². The van der Waals surface area contributed by atoms with Crippen molar-refractivity contribution in [3.63, 3.8) is 0 Å². The van der Waals surface area contributed by atoms with Gasteiger partial charge < -0.3 is 4.90 Å². The second kappa shape index (κ2) is 10.7. The third-order valence-electron chi connectivity index (χ3n) is 9.94. The Bertz CT molecular complexity index is 2410. The first-order valence-electron chi connectivity index (χ1n) is 16.1. The van der Waals surface area contributed by atoms with Crippen LogP contribution in [-0.2, 0) is 5.41 Å². The van der Waals surface area contributed by atoms with E-state index in [1.807, 2.05) is 30.3 Å². The zero-order chi connectivity index (χ0) is 33.5. The van der Waals surface area contributed by atoms with E-state index in [1.165, 1.54) is 33.4 Å². The van der Waals surface area contributed by atoms with Crippen LogP contribution in [0.25, 0.3) is 28.0 Å². The first-order chi connectivity index (χ1) is 23.1. The molecule has 0 radical (unpaired) electrons. The number of allylic oxidation sites excluding steroid dienone is 1. The minimum Gasteiger partial charge on any atom is -0.301 e. The van der Waals surface area contributed by atoms with Crippen LogP contribution in [0, 0.1) is 32.1 Å². The predicted molar refractivity (Wildman–Crippen MR) is 196 cm³/mol. The van der Waals surface area contributed by atoms with Crippen molar-refractivity contribution in [3.05, 3.63) is 152 Å². The molecule has 8 rings (SSSR count). The SMILES string of the molecule is Cc1cc(C)c(-c2ccc3c(c2)C(C)(C)c2cc(C=C4C(=O)c5ccccc5C4=O)sc2N3c2ccc(C#N)c3ccccc23)c(C)c1. The zero-order valence-corrected chi connectivity index (χ0v) is 28.3. The Morgan fingerprint density at radius 3 is 2.02 bits per heavy atom. The normalized spacial score (nSPS) is 14.5. The lowest BCUT2D eigenvalue weighted by molar-refractivity contribution is 0.0990. The molecule has 1 aromatic heterocycles. The monoisotopic (exact) mass is 640 g/mol. The van der Waals surface area contributed by atoms with Crippen molar-refractivity contribution in [3.8, 4) is 17.2 Å². The highest BCUT2D eigenvalue weighted by Gasteiger charge is 2.40. The average molecular weight is 641 g/mol. The van der Waals surface area contributed by atoms with Crippen LogP contribution in [0.1, 0.15) is 72.8 Å². The number of nitriles is 1. The quantitative estimate of drug-likeness (QED) is 0.143. The lowest BCUT2D eigenvalue weighted by Crippen LogP contribution is -2.29. The van der Waals surface area contributed by atoms with Crippen LogP contribution in [-0.4, -0.2) is 11.6 Å². The number of rotatable bonds is 3. The van der Waals surface area contributed by atoms with Gasteiger partial charge in [0.05, 0.1) is 28.6 Å². The highest BCUT2D eigenvalue weighted by molar-refractivity contribution is 7.17. The molecule has 0 saturated heterocycles. The van der Waals surface area contributed by atoms with Crippen molar-refractivity contribution in [1.82, 2.24) is 0 Å². The second-order valence-electron chi connectivity index (χ2n) is 13.4. The number of hydrogen-bond acceptors (Lipinski definition) is 5. The fraction of sp³-hybridized carbons (Fsp3) is 0.140. The maximum Gasteiger partial charge on any atom is 0.197 e. The number of benzene rings is 5. The molecule has 5 aromatic carbocycles. The molecule has 1 aliphatic carbocycles. The second-order valence-corrected chi connectivity index (χ2v) is 14.4. The van der Waals surface area contributed by atoms with Gasteiger partial charge in [0.2, 0.25) is 0 Å². The summed E-state index contributed by atoms with van der Waals surface area (Å²) in [5, 5.41) is 12.8. The summed E-state index contributed by atoms with van der Waals surface area (Å²) in [6.45, 7) is 11.0. The summed E-state index contributed by atoms with van der Waals surface area (Å²) in [5.74, 6) is -0.458. The van der Waals surface area contributed by atoms with Gasteiger partial charge in [0.15, 0.2) is 11.6 Å². The summed E-state index contributed by atoms with van der Waals surface area (Å²) in [4.78, 5) is 29.9. The van der Waals surface area contributed by atoms with Crippen molar-refractivity contribution in [1.29, 1.82) is 5.26 Å². The van der Waals surface area contributed by atoms with Crippen LogP contribution in [0.2, 0.25) is 0 Å². The van der Waals surface area contributed by atoms with E-state index in [0.717, 1.165) is 37.6 Å². The van der Waals surface area contributed by atoms with Gasteiger partial charge in [-0.05, 0) is 90.6 Å². The zero-order valence-electron chi connectivity index (χ0n) is 27.4. The number of nitrogens with zero attached hydrogens (tertiary/aromatic N) is 2. The number of aryl methyl sites for hydroxylation is 3. The van der Waals surface area contributed by atoms with E-state index in [2.05, 4.69) is 88.1 Å². The number of carbonyl (C=O) groups is 2. The Balaban J connectivity index is 1.37. The minimum atomic E-state index is -0.397. The number of thiophene rings is 1. The molecule has 2 aliphatic rings. The van der Waals surface area contributed by atoms with E-state index < -0.39 is 5.41 Å². The first kappa shape index (κ1) is 29.8. The molecule has 0 N–H and O–H groups in total. The number of hydrogen-bond donors (Lipinski definition) is 0. The lowest BCUT2D eigenvalue weighted by Gasteiger charge is -2.40. The fourth-order valence-corrected chi connectivity index (χ4v) is 9.01. The van der Waals surface area contributed by atoms with Crippen molar-refractivity contribution in [2.75, 3.05) is 4.90 Å². The van der Waals surface area contributed by atoms with Crippen LogP contribution in [0.4, 0.5) is 16.4 Å².